The standard InChI is InChI=1S/C14H17N3O/c1-18-12-5-4-10-9-16-14(17-13(10)7-12)11-3-2-6-15-8-11/h4-5,7,9,11,15H,2-3,6,8H2,1H3. The molecule has 0 spiro atoms. The van der Waals surface area contributed by atoms with Gasteiger partial charge in [0, 0.05) is 30.1 Å². The van der Waals surface area contributed by atoms with Gasteiger partial charge in [-0.05, 0) is 31.5 Å². The van der Waals surface area contributed by atoms with Gasteiger partial charge in [-0.15, -0.1) is 0 Å². The summed E-state index contributed by atoms with van der Waals surface area (Å²) in [4.78, 5) is 9.17. The van der Waals surface area contributed by atoms with Crippen LogP contribution in [0.25, 0.3) is 10.9 Å². The topological polar surface area (TPSA) is 47.0 Å². The maximum absolute atomic E-state index is 5.23. The number of rotatable bonds is 2. The first-order valence-electron chi connectivity index (χ1n) is 6.38. The molecule has 4 nitrogen and oxygen atoms in total. The van der Waals surface area contributed by atoms with Crippen molar-refractivity contribution in [2.45, 2.75) is 18.8 Å². The second kappa shape index (κ2) is 4.90. The van der Waals surface area contributed by atoms with E-state index in [2.05, 4.69) is 15.3 Å². The third-order valence-corrected chi connectivity index (χ3v) is 3.47. The molecule has 1 fully saturated rings. The first-order valence-corrected chi connectivity index (χ1v) is 6.38. The lowest BCUT2D eigenvalue weighted by Gasteiger charge is -2.21. The van der Waals surface area contributed by atoms with Gasteiger partial charge in [0.1, 0.15) is 11.6 Å². The Kier molecular flexibility index (Phi) is 3.11. The number of methoxy groups -OCH3 is 1. The van der Waals surface area contributed by atoms with Gasteiger partial charge in [-0.3, -0.25) is 0 Å². The maximum Gasteiger partial charge on any atom is 0.133 e. The molecule has 2 heterocycles. The molecule has 94 valence electrons. The Labute approximate surface area is 106 Å². The molecule has 0 radical (unpaired) electrons. The van der Waals surface area contributed by atoms with Crippen molar-refractivity contribution in [1.29, 1.82) is 0 Å². The molecule has 0 saturated carbocycles. The average Bonchev–Trinajstić information content (AvgIpc) is 2.47. The molecule has 3 rings (SSSR count). The predicted molar refractivity (Wildman–Crippen MR) is 70.9 cm³/mol. The van der Waals surface area contributed by atoms with E-state index in [4.69, 9.17) is 4.74 Å². The van der Waals surface area contributed by atoms with E-state index in [0.29, 0.717) is 5.92 Å². The highest BCUT2D eigenvalue weighted by Gasteiger charge is 2.17. The first-order chi connectivity index (χ1) is 8.86. The summed E-state index contributed by atoms with van der Waals surface area (Å²) < 4.78 is 5.23. The summed E-state index contributed by atoms with van der Waals surface area (Å²) >= 11 is 0. The lowest BCUT2D eigenvalue weighted by Crippen LogP contribution is -2.29. The molecular formula is C14H17N3O. The fourth-order valence-corrected chi connectivity index (χ4v) is 2.41. The van der Waals surface area contributed by atoms with E-state index < -0.39 is 0 Å². The summed E-state index contributed by atoms with van der Waals surface area (Å²) in [6.45, 7) is 2.09. The van der Waals surface area contributed by atoms with Crippen molar-refractivity contribution < 1.29 is 4.74 Å². The fraction of sp³-hybridized carbons (Fsp3) is 0.429. The number of benzene rings is 1. The molecule has 18 heavy (non-hydrogen) atoms. The predicted octanol–water partition coefficient (Wildman–Crippen LogP) is 2.11. The van der Waals surface area contributed by atoms with Crippen LogP contribution in [0, 0.1) is 0 Å². The number of fused-ring (bicyclic) bond motifs is 1. The van der Waals surface area contributed by atoms with E-state index in [1.165, 1.54) is 12.8 Å². The van der Waals surface area contributed by atoms with Crippen LogP contribution in [0.2, 0.25) is 0 Å². The lowest BCUT2D eigenvalue weighted by atomic mass is 9.99. The summed E-state index contributed by atoms with van der Waals surface area (Å²) in [5.74, 6) is 2.23. The average molecular weight is 243 g/mol. The van der Waals surface area contributed by atoms with Gasteiger partial charge in [0.15, 0.2) is 0 Å². The van der Waals surface area contributed by atoms with E-state index in [1.54, 1.807) is 7.11 Å². The van der Waals surface area contributed by atoms with Crippen LogP contribution in [0.3, 0.4) is 0 Å². The molecule has 0 aliphatic carbocycles. The van der Waals surface area contributed by atoms with Crippen LogP contribution >= 0.6 is 0 Å². The van der Waals surface area contributed by atoms with Gasteiger partial charge in [-0.25, -0.2) is 9.97 Å². The molecule has 1 aliphatic heterocycles. The molecule has 1 N–H and O–H groups in total. The molecule has 1 aromatic carbocycles. The van der Waals surface area contributed by atoms with Crippen molar-refractivity contribution >= 4 is 10.9 Å². The number of hydrogen-bond donors (Lipinski definition) is 1. The van der Waals surface area contributed by atoms with Crippen LogP contribution in [0.5, 0.6) is 5.75 Å². The number of aromatic nitrogens is 2. The van der Waals surface area contributed by atoms with Gasteiger partial charge in [0.05, 0.1) is 12.6 Å². The largest absolute Gasteiger partial charge is 0.497 e. The third-order valence-electron chi connectivity index (χ3n) is 3.47. The summed E-state index contributed by atoms with van der Waals surface area (Å²) in [5, 5.41) is 4.46. The lowest BCUT2D eigenvalue weighted by molar-refractivity contribution is 0.415. The van der Waals surface area contributed by atoms with E-state index in [9.17, 15) is 0 Å². The number of hydrogen-bond acceptors (Lipinski definition) is 4. The van der Waals surface area contributed by atoms with Crippen LogP contribution < -0.4 is 10.1 Å². The molecule has 1 aromatic heterocycles. The van der Waals surface area contributed by atoms with Gasteiger partial charge in [0.2, 0.25) is 0 Å². The molecule has 1 aliphatic rings. The number of piperidine rings is 1. The Morgan fingerprint density at radius 1 is 1.39 bits per heavy atom. The van der Waals surface area contributed by atoms with Gasteiger partial charge in [-0.1, -0.05) is 0 Å². The molecule has 1 unspecified atom stereocenters. The normalized spacial score (nSPS) is 19.9. The first kappa shape index (κ1) is 11.4. The quantitative estimate of drug-likeness (QED) is 0.877. The highest BCUT2D eigenvalue weighted by atomic mass is 16.5. The Balaban J connectivity index is 1.97. The molecule has 0 bridgehead atoms. The van der Waals surface area contributed by atoms with Crippen molar-refractivity contribution in [2.75, 3.05) is 20.2 Å². The minimum atomic E-state index is 0.439. The minimum Gasteiger partial charge on any atom is -0.497 e. The summed E-state index contributed by atoms with van der Waals surface area (Å²) in [6, 6.07) is 5.90. The Bertz CT molecular complexity index is 550. The Morgan fingerprint density at radius 2 is 2.33 bits per heavy atom. The van der Waals surface area contributed by atoms with Gasteiger partial charge < -0.3 is 10.1 Å². The fourth-order valence-electron chi connectivity index (χ4n) is 2.41. The van der Waals surface area contributed by atoms with Crippen LogP contribution in [0.15, 0.2) is 24.4 Å². The van der Waals surface area contributed by atoms with E-state index in [0.717, 1.165) is 35.6 Å². The monoisotopic (exact) mass is 243 g/mol. The van der Waals surface area contributed by atoms with E-state index in [-0.39, 0.29) is 0 Å². The Morgan fingerprint density at radius 3 is 3.11 bits per heavy atom. The molecule has 0 amide bonds. The van der Waals surface area contributed by atoms with Crippen LogP contribution in [-0.2, 0) is 0 Å². The van der Waals surface area contributed by atoms with Crippen molar-refractivity contribution in [1.82, 2.24) is 15.3 Å². The number of nitrogens with one attached hydrogen (secondary N) is 1. The zero-order valence-corrected chi connectivity index (χ0v) is 10.5. The smallest absolute Gasteiger partial charge is 0.133 e. The third kappa shape index (κ3) is 2.16. The van der Waals surface area contributed by atoms with Crippen molar-refractivity contribution in [3.63, 3.8) is 0 Å². The van der Waals surface area contributed by atoms with Crippen molar-refractivity contribution in [3.05, 3.63) is 30.2 Å². The van der Waals surface area contributed by atoms with Crippen molar-refractivity contribution in [3.8, 4) is 5.75 Å². The second-order valence-corrected chi connectivity index (χ2v) is 4.70. The summed E-state index contributed by atoms with van der Waals surface area (Å²) in [5.41, 5.74) is 0.963. The van der Waals surface area contributed by atoms with Crippen LogP contribution in [0.1, 0.15) is 24.6 Å². The SMILES string of the molecule is COc1ccc2cnc(C3CCCNC3)nc2c1. The molecule has 1 saturated heterocycles. The zero-order valence-electron chi connectivity index (χ0n) is 10.5. The highest BCUT2D eigenvalue weighted by Crippen LogP contribution is 2.23. The minimum absolute atomic E-state index is 0.439. The van der Waals surface area contributed by atoms with Crippen LogP contribution in [0.4, 0.5) is 0 Å². The summed E-state index contributed by atoms with van der Waals surface area (Å²) in [6.07, 6.45) is 4.28. The zero-order chi connectivity index (χ0) is 12.4. The number of nitrogens with zero attached hydrogens (tertiary/aromatic N) is 2. The summed E-state index contributed by atoms with van der Waals surface area (Å²) in [7, 11) is 1.67. The molecule has 1 atom stereocenters. The van der Waals surface area contributed by atoms with Crippen molar-refractivity contribution in [2.24, 2.45) is 0 Å². The van der Waals surface area contributed by atoms with Gasteiger partial charge in [0.25, 0.3) is 0 Å². The molecule has 2 aromatic rings. The second-order valence-electron chi connectivity index (χ2n) is 4.70. The molecular weight excluding hydrogens is 226 g/mol. The Hall–Kier alpha value is -1.68. The van der Waals surface area contributed by atoms with Crippen LogP contribution in [-0.4, -0.2) is 30.2 Å². The van der Waals surface area contributed by atoms with Gasteiger partial charge in [-0.2, -0.15) is 0 Å². The van der Waals surface area contributed by atoms with E-state index in [1.807, 2.05) is 24.4 Å². The number of ether oxygens (including phenoxy) is 1. The van der Waals surface area contributed by atoms with Gasteiger partial charge >= 0.3 is 0 Å². The van der Waals surface area contributed by atoms with E-state index >= 15 is 0 Å². The highest BCUT2D eigenvalue weighted by molar-refractivity contribution is 5.79. The molecule has 4 heteroatoms. The maximum atomic E-state index is 5.23.